The second kappa shape index (κ2) is 6.95. The topological polar surface area (TPSA) is 77.2 Å². The molecule has 0 aliphatic rings. The van der Waals surface area contributed by atoms with Crippen molar-refractivity contribution in [3.8, 4) is 28.6 Å². The Hall–Kier alpha value is -3.15. The van der Waals surface area contributed by atoms with Crippen LogP contribution >= 0.6 is 0 Å². The average molecular weight is 323 g/mol. The molecule has 0 saturated heterocycles. The van der Waals surface area contributed by atoms with Crippen LogP contribution in [0.3, 0.4) is 0 Å². The fraction of sp³-hybridized carbons (Fsp3) is 0.167. The molecule has 1 amide bonds. The minimum Gasteiger partial charge on any atom is -0.483 e. The van der Waals surface area contributed by atoms with E-state index in [-0.39, 0.29) is 12.5 Å². The lowest BCUT2D eigenvalue weighted by atomic mass is 10.1. The Kier molecular flexibility index (Phi) is 4.56. The van der Waals surface area contributed by atoms with Gasteiger partial charge < -0.3 is 14.6 Å². The quantitative estimate of drug-likeness (QED) is 0.781. The fourth-order valence-corrected chi connectivity index (χ4v) is 2.14. The molecular weight excluding hydrogens is 306 g/mol. The molecule has 2 aromatic carbocycles. The van der Waals surface area contributed by atoms with Gasteiger partial charge in [0.1, 0.15) is 5.75 Å². The third kappa shape index (κ3) is 3.43. The van der Waals surface area contributed by atoms with Crippen molar-refractivity contribution in [2.24, 2.45) is 0 Å². The molecular formula is C18H17N3O3. The summed E-state index contributed by atoms with van der Waals surface area (Å²) < 4.78 is 10.9. The summed E-state index contributed by atoms with van der Waals surface area (Å²) in [6.45, 7) is 1.94. The lowest BCUT2D eigenvalue weighted by Crippen LogP contribution is -2.24. The Labute approximate surface area is 139 Å². The first kappa shape index (κ1) is 15.7. The molecule has 3 aromatic rings. The van der Waals surface area contributed by atoms with Crippen molar-refractivity contribution in [3.63, 3.8) is 0 Å². The molecule has 0 aliphatic heterocycles. The molecule has 0 atom stereocenters. The predicted octanol–water partition coefficient (Wildman–Crippen LogP) is 2.84. The van der Waals surface area contributed by atoms with Crippen LogP contribution in [-0.4, -0.2) is 29.7 Å². The summed E-state index contributed by atoms with van der Waals surface area (Å²) in [5, 5.41) is 6.53. The third-order valence-electron chi connectivity index (χ3n) is 3.49. The minimum atomic E-state index is -0.212. The van der Waals surface area contributed by atoms with Crippen LogP contribution in [0.15, 0.2) is 53.1 Å². The van der Waals surface area contributed by atoms with Crippen LogP contribution in [0.1, 0.15) is 5.56 Å². The van der Waals surface area contributed by atoms with Gasteiger partial charge in [0.05, 0.1) is 5.56 Å². The van der Waals surface area contributed by atoms with Crippen molar-refractivity contribution in [2.75, 3.05) is 13.7 Å². The number of para-hydroxylation sites is 1. The van der Waals surface area contributed by atoms with Gasteiger partial charge in [-0.05, 0) is 19.1 Å². The lowest BCUT2D eigenvalue weighted by molar-refractivity contribution is -0.122. The van der Waals surface area contributed by atoms with E-state index in [9.17, 15) is 4.79 Å². The zero-order chi connectivity index (χ0) is 16.9. The van der Waals surface area contributed by atoms with Crippen LogP contribution in [0.25, 0.3) is 22.8 Å². The molecule has 0 spiro atoms. The largest absolute Gasteiger partial charge is 0.483 e. The summed E-state index contributed by atoms with van der Waals surface area (Å²) in [5.74, 6) is 1.15. The Morgan fingerprint density at radius 1 is 1.17 bits per heavy atom. The Bertz CT molecular complexity index is 841. The highest BCUT2D eigenvalue weighted by molar-refractivity contribution is 5.77. The number of ether oxygens (including phenoxy) is 1. The fourth-order valence-electron chi connectivity index (χ4n) is 2.14. The number of amides is 1. The molecule has 122 valence electrons. The van der Waals surface area contributed by atoms with Crippen molar-refractivity contribution in [3.05, 3.63) is 54.1 Å². The van der Waals surface area contributed by atoms with E-state index in [1.54, 1.807) is 13.1 Å². The summed E-state index contributed by atoms with van der Waals surface area (Å²) in [6, 6.07) is 15.1. The van der Waals surface area contributed by atoms with Gasteiger partial charge in [-0.1, -0.05) is 47.1 Å². The van der Waals surface area contributed by atoms with Gasteiger partial charge in [-0.25, -0.2) is 0 Å². The molecule has 1 N–H and O–H groups in total. The molecule has 1 aromatic heterocycles. The van der Waals surface area contributed by atoms with Gasteiger partial charge in [-0.3, -0.25) is 4.79 Å². The zero-order valence-corrected chi connectivity index (χ0v) is 13.4. The standard InChI is InChI=1S/C18H17N3O3/c1-12-7-9-13(10-8-12)17-20-18(24-21-17)14-5-3-4-6-15(14)23-11-16(22)19-2/h3-10H,11H2,1-2H3,(H,19,22). The van der Waals surface area contributed by atoms with Gasteiger partial charge in [0.15, 0.2) is 6.61 Å². The Morgan fingerprint density at radius 2 is 1.92 bits per heavy atom. The molecule has 0 aliphatic carbocycles. The first-order valence-electron chi connectivity index (χ1n) is 7.51. The number of likely N-dealkylation sites (N-methyl/N-ethyl adjacent to an activating group) is 1. The summed E-state index contributed by atoms with van der Waals surface area (Å²) in [5.41, 5.74) is 2.68. The summed E-state index contributed by atoms with van der Waals surface area (Å²) in [6.07, 6.45) is 0. The Morgan fingerprint density at radius 3 is 2.67 bits per heavy atom. The molecule has 1 heterocycles. The SMILES string of the molecule is CNC(=O)COc1ccccc1-c1nc(-c2ccc(C)cc2)no1. The minimum absolute atomic E-state index is 0.0769. The van der Waals surface area contributed by atoms with E-state index in [0.717, 1.165) is 11.1 Å². The molecule has 0 saturated carbocycles. The van der Waals surface area contributed by atoms with Crippen LogP contribution in [0.4, 0.5) is 0 Å². The molecule has 3 rings (SSSR count). The number of rotatable bonds is 5. The summed E-state index contributed by atoms with van der Waals surface area (Å²) in [4.78, 5) is 15.8. The maximum Gasteiger partial charge on any atom is 0.262 e. The second-order valence-corrected chi connectivity index (χ2v) is 5.25. The number of carbonyl (C=O) groups excluding carboxylic acids is 1. The van der Waals surface area contributed by atoms with Crippen molar-refractivity contribution < 1.29 is 14.1 Å². The van der Waals surface area contributed by atoms with Crippen molar-refractivity contribution in [1.29, 1.82) is 0 Å². The lowest BCUT2D eigenvalue weighted by Gasteiger charge is -2.07. The maximum atomic E-state index is 11.4. The summed E-state index contributed by atoms with van der Waals surface area (Å²) >= 11 is 0. The molecule has 0 radical (unpaired) electrons. The van der Waals surface area contributed by atoms with Crippen molar-refractivity contribution >= 4 is 5.91 Å². The van der Waals surface area contributed by atoms with E-state index in [2.05, 4.69) is 15.5 Å². The third-order valence-corrected chi connectivity index (χ3v) is 3.49. The van der Waals surface area contributed by atoms with Gasteiger partial charge in [0, 0.05) is 12.6 Å². The number of hydrogen-bond donors (Lipinski definition) is 1. The van der Waals surface area contributed by atoms with Crippen LogP contribution in [-0.2, 0) is 4.79 Å². The van der Waals surface area contributed by atoms with Crippen LogP contribution in [0, 0.1) is 6.92 Å². The van der Waals surface area contributed by atoms with Crippen LogP contribution in [0.5, 0.6) is 5.75 Å². The normalized spacial score (nSPS) is 10.4. The molecule has 6 nitrogen and oxygen atoms in total. The molecule has 0 bridgehead atoms. The van der Waals surface area contributed by atoms with Crippen LogP contribution < -0.4 is 10.1 Å². The molecule has 0 fully saturated rings. The molecule has 6 heteroatoms. The van der Waals surface area contributed by atoms with Gasteiger partial charge in [0.25, 0.3) is 11.8 Å². The number of benzene rings is 2. The molecule has 24 heavy (non-hydrogen) atoms. The van der Waals surface area contributed by atoms with E-state index in [0.29, 0.717) is 23.0 Å². The van der Waals surface area contributed by atoms with Gasteiger partial charge in [0.2, 0.25) is 5.82 Å². The average Bonchev–Trinajstić information content (AvgIpc) is 3.10. The Balaban J connectivity index is 1.87. The van der Waals surface area contributed by atoms with Crippen molar-refractivity contribution in [2.45, 2.75) is 6.92 Å². The van der Waals surface area contributed by atoms with Gasteiger partial charge in [-0.15, -0.1) is 0 Å². The van der Waals surface area contributed by atoms with E-state index < -0.39 is 0 Å². The monoisotopic (exact) mass is 323 g/mol. The van der Waals surface area contributed by atoms with E-state index in [1.807, 2.05) is 49.4 Å². The number of aryl methyl sites for hydroxylation is 1. The van der Waals surface area contributed by atoms with Crippen molar-refractivity contribution in [1.82, 2.24) is 15.5 Å². The van der Waals surface area contributed by atoms with Gasteiger partial charge in [-0.2, -0.15) is 4.98 Å². The first-order valence-corrected chi connectivity index (χ1v) is 7.51. The zero-order valence-electron chi connectivity index (χ0n) is 13.4. The highest BCUT2D eigenvalue weighted by atomic mass is 16.5. The molecule has 0 unspecified atom stereocenters. The first-order chi connectivity index (χ1) is 11.7. The second-order valence-electron chi connectivity index (χ2n) is 5.25. The highest BCUT2D eigenvalue weighted by Gasteiger charge is 2.15. The van der Waals surface area contributed by atoms with E-state index in [4.69, 9.17) is 9.26 Å². The van der Waals surface area contributed by atoms with E-state index in [1.165, 1.54) is 0 Å². The number of carbonyl (C=O) groups is 1. The highest BCUT2D eigenvalue weighted by Crippen LogP contribution is 2.30. The van der Waals surface area contributed by atoms with Crippen LogP contribution in [0.2, 0.25) is 0 Å². The smallest absolute Gasteiger partial charge is 0.262 e. The number of aromatic nitrogens is 2. The number of hydrogen-bond acceptors (Lipinski definition) is 5. The maximum absolute atomic E-state index is 11.4. The number of nitrogens with one attached hydrogen (secondary N) is 1. The predicted molar refractivity (Wildman–Crippen MR) is 89.5 cm³/mol. The van der Waals surface area contributed by atoms with Gasteiger partial charge >= 0.3 is 0 Å². The number of nitrogens with zero attached hydrogens (tertiary/aromatic N) is 2. The summed E-state index contributed by atoms with van der Waals surface area (Å²) in [7, 11) is 1.56. The van der Waals surface area contributed by atoms with E-state index >= 15 is 0 Å².